The maximum absolute atomic E-state index is 5.92. The van der Waals surface area contributed by atoms with Crippen LogP contribution in [0.1, 0.15) is 25.2 Å². The van der Waals surface area contributed by atoms with Crippen LogP contribution in [0, 0.1) is 12.8 Å². The predicted molar refractivity (Wildman–Crippen MR) is 71.8 cm³/mol. The van der Waals surface area contributed by atoms with Crippen molar-refractivity contribution in [3.8, 4) is 0 Å². The van der Waals surface area contributed by atoms with Crippen molar-refractivity contribution in [1.82, 2.24) is 15.1 Å². The Bertz CT molecular complexity index is 349. The zero-order valence-corrected chi connectivity index (χ0v) is 12.6. The normalized spacial score (nSPS) is 13.4. The minimum absolute atomic E-state index is 0.337. The van der Waals surface area contributed by atoms with Crippen LogP contribution in [0.3, 0.4) is 0 Å². The molecule has 3 nitrogen and oxygen atoms in total. The second-order valence-corrected chi connectivity index (χ2v) is 5.46. The number of nitrogens with zero attached hydrogens (tertiary/aromatic N) is 2. The Hall–Kier alpha value is -0.0600. The first kappa shape index (κ1) is 14.0. The fourth-order valence-electron chi connectivity index (χ4n) is 1.57. The van der Waals surface area contributed by atoms with Crippen LogP contribution in [-0.4, -0.2) is 21.7 Å². The van der Waals surface area contributed by atoms with Gasteiger partial charge in [0.05, 0.1) is 15.9 Å². The first-order chi connectivity index (χ1) is 7.47. The third-order valence-electron chi connectivity index (χ3n) is 2.76. The molecule has 1 unspecified atom stereocenters. The van der Waals surface area contributed by atoms with E-state index >= 15 is 0 Å². The number of hydrogen-bond acceptors (Lipinski definition) is 2. The van der Waals surface area contributed by atoms with Gasteiger partial charge in [0.15, 0.2) is 0 Å². The van der Waals surface area contributed by atoms with Gasteiger partial charge in [0.1, 0.15) is 0 Å². The molecule has 5 heteroatoms. The maximum atomic E-state index is 5.92. The third-order valence-corrected chi connectivity index (χ3v) is 4.13. The molecular weight excluding hydrogens is 289 g/mol. The Kier molecular flexibility index (Phi) is 5.28. The van der Waals surface area contributed by atoms with Crippen LogP contribution in [0.25, 0.3) is 0 Å². The van der Waals surface area contributed by atoms with E-state index in [2.05, 4.69) is 40.2 Å². The molecule has 0 aliphatic rings. The van der Waals surface area contributed by atoms with E-state index in [1.54, 1.807) is 0 Å². The SMILES string of the molecule is Cc1nn(C)c(CNC(CCl)C(C)C)c1Br. The molecule has 0 aliphatic carbocycles. The summed E-state index contributed by atoms with van der Waals surface area (Å²) < 4.78 is 2.98. The van der Waals surface area contributed by atoms with E-state index in [9.17, 15) is 0 Å². The fraction of sp³-hybridized carbons (Fsp3) is 0.727. The molecule has 0 radical (unpaired) electrons. The van der Waals surface area contributed by atoms with Crippen molar-refractivity contribution >= 4 is 27.5 Å². The summed E-state index contributed by atoms with van der Waals surface area (Å²) in [6.45, 7) is 7.12. The standard InChI is InChI=1S/C11H19BrClN3/c1-7(2)9(5-13)14-6-10-11(12)8(3)15-16(10)4/h7,9,14H,5-6H2,1-4H3. The van der Waals surface area contributed by atoms with Gasteiger partial charge in [0.25, 0.3) is 0 Å². The van der Waals surface area contributed by atoms with Crippen molar-refractivity contribution in [1.29, 1.82) is 0 Å². The lowest BCUT2D eigenvalue weighted by Gasteiger charge is -2.19. The van der Waals surface area contributed by atoms with Crippen LogP contribution in [0.5, 0.6) is 0 Å². The fourth-order valence-corrected chi connectivity index (χ4v) is 2.51. The zero-order valence-electron chi connectivity index (χ0n) is 10.2. The van der Waals surface area contributed by atoms with Crippen molar-refractivity contribution in [2.24, 2.45) is 13.0 Å². The summed E-state index contributed by atoms with van der Waals surface area (Å²) in [4.78, 5) is 0. The van der Waals surface area contributed by atoms with Crippen molar-refractivity contribution < 1.29 is 0 Å². The van der Waals surface area contributed by atoms with Gasteiger partial charge in [0, 0.05) is 25.5 Å². The Balaban J connectivity index is 2.67. The average molecular weight is 309 g/mol. The predicted octanol–water partition coefficient (Wildman–Crippen LogP) is 2.84. The minimum Gasteiger partial charge on any atom is -0.307 e. The monoisotopic (exact) mass is 307 g/mol. The van der Waals surface area contributed by atoms with Crippen LogP contribution >= 0.6 is 27.5 Å². The lowest BCUT2D eigenvalue weighted by Crippen LogP contribution is -2.35. The molecule has 1 N–H and O–H groups in total. The lowest BCUT2D eigenvalue weighted by atomic mass is 10.1. The van der Waals surface area contributed by atoms with Gasteiger partial charge in [-0.25, -0.2) is 0 Å². The highest BCUT2D eigenvalue weighted by atomic mass is 79.9. The number of hydrogen-bond donors (Lipinski definition) is 1. The van der Waals surface area contributed by atoms with Crippen molar-refractivity contribution in [2.45, 2.75) is 33.4 Å². The molecule has 0 fully saturated rings. The summed E-state index contributed by atoms with van der Waals surface area (Å²) in [5.74, 6) is 1.16. The molecule has 0 spiro atoms. The van der Waals surface area contributed by atoms with Crippen LogP contribution in [-0.2, 0) is 13.6 Å². The maximum Gasteiger partial charge on any atom is 0.0739 e. The molecule has 0 bridgehead atoms. The Morgan fingerprint density at radius 2 is 2.12 bits per heavy atom. The summed E-state index contributed by atoms with van der Waals surface area (Å²) in [6.07, 6.45) is 0. The van der Waals surface area contributed by atoms with E-state index < -0.39 is 0 Å². The summed E-state index contributed by atoms with van der Waals surface area (Å²) >= 11 is 9.47. The van der Waals surface area contributed by atoms with Crippen LogP contribution in [0.4, 0.5) is 0 Å². The average Bonchev–Trinajstić information content (AvgIpc) is 2.44. The summed E-state index contributed by atoms with van der Waals surface area (Å²) in [5.41, 5.74) is 2.18. The van der Waals surface area contributed by atoms with Gasteiger partial charge in [-0.1, -0.05) is 13.8 Å². The second kappa shape index (κ2) is 6.03. The van der Waals surface area contributed by atoms with Crippen molar-refractivity contribution in [3.63, 3.8) is 0 Å². The van der Waals surface area contributed by atoms with Gasteiger partial charge in [-0.15, -0.1) is 11.6 Å². The second-order valence-electron chi connectivity index (χ2n) is 4.36. The van der Waals surface area contributed by atoms with Crippen molar-refractivity contribution in [2.75, 3.05) is 5.88 Å². The number of aryl methyl sites for hydroxylation is 2. The molecule has 1 heterocycles. The number of rotatable bonds is 5. The molecule has 0 aliphatic heterocycles. The highest BCUT2D eigenvalue weighted by molar-refractivity contribution is 9.10. The molecule has 0 amide bonds. The van der Waals surface area contributed by atoms with E-state index in [1.807, 2.05) is 18.7 Å². The number of nitrogens with one attached hydrogen (secondary N) is 1. The number of halogens is 2. The zero-order chi connectivity index (χ0) is 12.3. The summed E-state index contributed by atoms with van der Waals surface area (Å²) in [6, 6.07) is 0.337. The first-order valence-corrected chi connectivity index (χ1v) is 6.77. The van der Waals surface area contributed by atoms with E-state index in [0.29, 0.717) is 17.8 Å². The van der Waals surface area contributed by atoms with E-state index in [4.69, 9.17) is 11.6 Å². The van der Waals surface area contributed by atoms with Crippen LogP contribution in [0.2, 0.25) is 0 Å². The van der Waals surface area contributed by atoms with Gasteiger partial charge in [0.2, 0.25) is 0 Å². The van der Waals surface area contributed by atoms with Crippen LogP contribution in [0.15, 0.2) is 4.47 Å². The molecule has 0 aromatic carbocycles. The van der Waals surface area contributed by atoms with Crippen molar-refractivity contribution in [3.05, 3.63) is 15.9 Å². The molecule has 1 atom stereocenters. The molecule has 1 aromatic heterocycles. The molecule has 1 aromatic rings. The number of aromatic nitrogens is 2. The summed E-state index contributed by atoms with van der Waals surface area (Å²) in [7, 11) is 1.96. The van der Waals surface area contributed by atoms with Gasteiger partial charge < -0.3 is 5.32 Å². The Labute approximate surface area is 111 Å². The Morgan fingerprint density at radius 1 is 1.50 bits per heavy atom. The van der Waals surface area contributed by atoms with Gasteiger partial charge in [-0.05, 0) is 28.8 Å². The highest BCUT2D eigenvalue weighted by Crippen LogP contribution is 2.20. The molecule has 16 heavy (non-hydrogen) atoms. The largest absolute Gasteiger partial charge is 0.307 e. The topological polar surface area (TPSA) is 29.9 Å². The molecule has 1 rings (SSSR count). The van der Waals surface area contributed by atoms with Gasteiger partial charge in [-0.2, -0.15) is 5.10 Å². The van der Waals surface area contributed by atoms with E-state index in [1.165, 1.54) is 0 Å². The first-order valence-electron chi connectivity index (χ1n) is 5.44. The lowest BCUT2D eigenvalue weighted by molar-refractivity contribution is 0.423. The Morgan fingerprint density at radius 3 is 2.50 bits per heavy atom. The molecular formula is C11H19BrClN3. The minimum atomic E-state index is 0.337. The molecule has 0 saturated carbocycles. The van der Waals surface area contributed by atoms with Gasteiger partial charge >= 0.3 is 0 Å². The van der Waals surface area contributed by atoms with E-state index in [0.717, 1.165) is 22.4 Å². The highest BCUT2D eigenvalue weighted by Gasteiger charge is 2.15. The van der Waals surface area contributed by atoms with Gasteiger partial charge in [-0.3, -0.25) is 4.68 Å². The molecule has 0 saturated heterocycles. The summed E-state index contributed by atoms with van der Waals surface area (Å²) in [5, 5.41) is 7.81. The van der Waals surface area contributed by atoms with E-state index in [-0.39, 0.29) is 0 Å². The van der Waals surface area contributed by atoms with Crippen LogP contribution < -0.4 is 5.32 Å². The molecule has 92 valence electrons. The smallest absolute Gasteiger partial charge is 0.0739 e. The third kappa shape index (κ3) is 3.22. The quantitative estimate of drug-likeness (QED) is 0.848. The number of alkyl halides is 1.